The minimum atomic E-state index is -0.501. The zero-order valence-electron chi connectivity index (χ0n) is 12.4. The Morgan fingerprint density at radius 2 is 1.96 bits per heavy atom. The number of fused-ring (bicyclic) bond motifs is 1. The number of rotatable bonds is 4. The van der Waals surface area contributed by atoms with Gasteiger partial charge in [0.25, 0.3) is 5.69 Å². The van der Waals surface area contributed by atoms with E-state index in [-0.39, 0.29) is 5.69 Å². The number of aryl methyl sites for hydroxylation is 1. The average molecular weight is 310 g/mol. The largest absolute Gasteiger partial charge is 0.423 e. The number of nitro groups is 1. The van der Waals surface area contributed by atoms with Crippen LogP contribution in [0.1, 0.15) is 11.1 Å². The monoisotopic (exact) mass is 310 g/mol. The standard InChI is InChI=1S/C17H14N2O4/c1-11-4-2-3-5-12(11)10-18-15-9-17(20)23-16-7-6-13(19(21)22)8-14(15)16/h2-9,18H,10H2,1H3. The third-order valence-electron chi connectivity index (χ3n) is 3.67. The molecule has 0 radical (unpaired) electrons. The Balaban J connectivity index is 2.02. The number of hydrogen-bond acceptors (Lipinski definition) is 5. The van der Waals surface area contributed by atoms with Gasteiger partial charge in [0, 0.05) is 30.1 Å². The molecule has 0 amide bonds. The van der Waals surface area contributed by atoms with E-state index in [9.17, 15) is 14.9 Å². The SMILES string of the molecule is Cc1ccccc1CNc1cc(=O)oc2ccc([N+](=O)[O-])cc12. The highest BCUT2D eigenvalue weighted by Crippen LogP contribution is 2.26. The molecule has 0 aliphatic heterocycles. The van der Waals surface area contributed by atoms with Crippen LogP contribution in [0.25, 0.3) is 11.0 Å². The second-order valence-corrected chi connectivity index (χ2v) is 5.20. The Bertz CT molecular complexity index is 947. The minimum absolute atomic E-state index is 0.0507. The third-order valence-corrected chi connectivity index (χ3v) is 3.67. The molecule has 0 saturated carbocycles. The van der Waals surface area contributed by atoms with Crippen molar-refractivity contribution in [3.05, 3.63) is 80.2 Å². The van der Waals surface area contributed by atoms with E-state index >= 15 is 0 Å². The lowest BCUT2D eigenvalue weighted by Gasteiger charge is -2.10. The Morgan fingerprint density at radius 1 is 1.17 bits per heavy atom. The fourth-order valence-electron chi connectivity index (χ4n) is 2.41. The average Bonchev–Trinajstić information content (AvgIpc) is 2.53. The molecule has 1 heterocycles. The quantitative estimate of drug-likeness (QED) is 0.452. The fourth-order valence-corrected chi connectivity index (χ4v) is 2.41. The Hall–Kier alpha value is -3.15. The van der Waals surface area contributed by atoms with E-state index in [1.807, 2.05) is 31.2 Å². The fraction of sp³-hybridized carbons (Fsp3) is 0.118. The molecule has 6 heteroatoms. The molecule has 0 atom stereocenters. The molecule has 1 N–H and O–H groups in total. The topological polar surface area (TPSA) is 85.4 Å². The van der Waals surface area contributed by atoms with Crippen molar-refractivity contribution in [3.8, 4) is 0 Å². The van der Waals surface area contributed by atoms with Gasteiger partial charge in [0.05, 0.1) is 10.6 Å². The Kier molecular flexibility index (Phi) is 3.80. The number of anilines is 1. The second-order valence-electron chi connectivity index (χ2n) is 5.20. The van der Waals surface area contributed by atoms with Crippen LogP contribution in [-0.4, -0.2) is 4.92 Å². The van der Waals surface area contributed by atoms with Crippen LogP contribution in [-0.2, 0) is 6.54 Å². The van der Waals surface area contributed by atoms with Crippen molar-refractivity contribution in [2.75, 3.05) is 5.32 Å². The molecule has 0 spiro atoms. The van der Waals surface area contributed by atoms with Crippen molar-refractivity contribution in [3.63, 3.8) is 0 Å². The summed E-state index contributed by atoms with van der Waals surface area (Å²) in [4.78, 5) is 22.1. The van der Waals surface area contributed by atoms with Gasteiger partial charge in [-0.05, 0) is 24.1 Å². The van der Waals surface area contributed by atoms with Crippen LogP contribution in [0.15, 0.2) is 57.7 Å². The number of hydrogen-bond donors (Lipinski definition) is 1. The van der Waals surface area contributed by atoms with Crippen molar-refractivity contribution >= 4 is 22.3 Å². The summed E-state index contributed by atoms with van der Waals surface area (Å²) in [6.07, 6.45) is 0. The summed E-state index contributed by atoms with van der Waals surface area (Å²) < 4.78 is 5.09. The first-order chi connectivity index (χ1) is 11.0. The van der Waals surface area contributed by atoms with Crippen molar-refractivity contribution in [2.24, 2.45) is 0 Å². The predicted octanol–water partition coefficient (Wildman–Crippen LogP) is 3.62. The molecule has 3 aromatic rings. The highest BCUT2D eigenvalue weighted by molar-refractivity contribution is 5.91. The maximum Gasteiger partial charge on any atom is 0.338 e. The summed E-state index contributed by atoms with van der Waals surface area (Å²) in [6.45, 7) is 2.51. The number of benzene rings is 2. The molecule has 23 heavy (non-hydrogen) atoms. The van der Waals surface area contributed by atoms with Gasteiger partial charge in [0.15, 0.2) is 0 Å². The summed E-state index contributed by atoms with van der Waals surface area (Å²) >= 11 is 0. The van der Waals surface area contributed by atoms with Crippen LogP contribution in [0.5, 0.6) is 0 Å². The maximum atomic E-state index is 11.7. The van der Waals surface area contributed by atoms with E-state index in [0.29, 0.717) is 23.2 Å². The molecule has 0 aliphatic rings. The number of nitrogens with one attached hydrogen (secondary N) is 1. The van der Waals surface area contributed by atoms with Gasteiger partial charge in [-0.2, -0.15) is 0 Å². The number of nitro benzene ring substituents is 1. The van der Waals surface area contributed by atoms with E-state index < -0.39 is 10.5 Å². The van der Waals surface area contributed by atoms with E-state index in [1.165, 1.54) is 24.3 Å². The van der Waals surface area contributed by atoms with Gasteiger partial charge in [-0.25, -0.2) is 4.79 Å². The molecule has 2 aromatic carbocycles. The van der Waals surface area contributed by atoms with Crippen molar-refractivity contribution in [2.45, 2.75) is 13.5 Å². The first kappa shape index (κ1) is 14.8. The summed E-state index contributed by atoms with van der Waals surface area (Å²) in [7, 11) is 0. The molecule has 0 unspecified atom stereocenters. The third kappa shape index (κ3) is 3.06. The predicted molar refractivity (Wildman–Crippen MR) is 87.6 cm³/mol. The zero-order chi connectivity index (χ0) is 16.4. The van der Waals surface area contributed by atoms with Gasteiger partial charge in [-0.15, -0.1) is 0 Å². The molecule has 3 rings (SSSR count). The molecule has 116 valence electrons. The molecule has 0 aliphatic carbocycles. The normalized spacial score (nSPS) is 10.7. The summed E-state index contributed by atoms with van der Waals surface area (Å²) in [5.74, 6) is 0. The van der Waals surface area contributed by atoms with Crippen LogP contribution in [0.4, 0.5) is 11.4 Å². The molecular formula is C17H14N2O4. The molecule has 1 aromatic heterocycles. The zero-order valence-corrected chi connectivity index (χ0v) is 12.4. The van der Waals surface area contributed by atoms with Crippen molar-refractivity contribution in [1.29, 1.82) is 0 Å². The molecule has 0 bridgehead atoms. The van der Waals surface area contributed by atoms with Gasteiger partial charge in [0.1, 0.15) is 5.58 Å². The van der Waals surface area contributed by atoms with E-state index in [2.05, 4.69) is 5.32 Å². The highest BCUT2D eigenvalue weighted by atomic mass is 16.6. The van der Waals surface area contributed by atoms with Crippen LogP contribution in [0.2, 0.25) is 0 Å². The molecule has 6 nitrogen and oxygen atoms in total. The Morgan fingerprint density at radius 3 is 2.70 bits per heavy atom. The van der Waals surface area contributed by atoms with Crippen molar-refractivity contribution in [1.82, 2.24) is 0 Å². The lowest BCUT2D eigenvalue weighted by atomic mass is 10.1. The van der Waals surface area contributed by atoms with E-state index in [4.69, 9.17) is 4.42 Å². The van der Waals surface area contributed by atoms with Gasteiger partial charge < -0.3 is 9.73 Å². The van der Waals surface area contributed by atoms with Crippen molar-refractivity contribution < 1.29 is 9.34 Å². The van der Waals surface area contributed by atoms with Gasteiger partial charge >= 0.3 is 5.63 Å². The lowest BCUT2D eigenvalue weighted by Crippen LogP contribution is -2.06. The van der Waals surface area contributed by atoms with E-state index in [1.54, 1.807) is 0 Å². The van der Waals surface area contributed by atoms with Gasteiger partial charge in [-0.3, -0.25) is 10.1 Å². The van der Waals surface area contributed by atoms with Crippen LogP contribution >= 0.6 is 0 Å². The highest BCUT2D eigenvalue weighted by Gasteiger charge is 2.12. The van der Waals surface area contributed by atoms with Crippen LogP contribution in [0, 0.1) is 17.0 Å². The first-order valence-corrected chi connectivity index (χ1v) is 7.05. The summed E-state index contributed by atoms with van der Waals surface area (Å²) in [5, 5.41) is 14.6. The molecule has 0 fully saturated rings. The number of nitrogens with zero attached hydrogens (tertiary/aromatic N) is 1. The van der Waals surface area contributed by atoms with Gasteiger partial charge in [-0.1, -0.05) is 24.3 Å². The summed E-state index contributed by atoms with van der Waals surface area (Å²) in [5.41, 5.74) is 2.49. The van der Waals surface area contributed by atoms with Gasteiger partial charge in [0.2, 0.25) is 0 Å². The number of non-ortho nitro benzene ring substituents is 1. The molecule has 0 saturated heterocycles. The van der Waals surface area contributed by atoms with Crippen LogP contribution < -0.4 is 10.9 Å². The molecular weight excluding hydrogens is 296 g/mol. The van der Waals surface area contributed by atoms with Crippen LogP contribution in [0.3, 0.4) is 0 Å². The second kappa shape index (κ2) is 5.92. The maximum absolute atomic E-state index is 11.7. The minimum Gasteiger partial charge on any atom is -0.423 e. The smallest absolute Gasteiger partial charge is 0.338 e. The Labute approximate surface area is 131 Å². The first-order valence-electron chi connectivity index (χ1n) is 7.05. The van der Waals surface area contributed by atoms with E-state index in [0.717, 1.165) is 11.1 Å². The summed E-state index contributed by atoms with van der Waals surface area (Å²) in [6, 6.07) is 13.3. The lowest BCUT2D eigenvalue weighted by molar-refractivity contribution is -0.384.